The highest BCUT2D eigenvalue weighted by molar-refractivity contribution is 5.86. The first-order valence-corrected chi connectivity index (χ1v) is 7.45. The highest BCUT2D eigenvalue weighted by Crippen LogP contribution is 2.24. The third-order valence-corrected chi connectivity index (χ3v) is 4.00. The molecule has 1 aliphatic heterocycles. The van der Waals surface area contributed by atoms with E-state index in [4.69, 9.17) is 19.9 Å². The van der Waals surface area contributed by atoms with Gasteiger partial charge >= 0.3 is 0 Å². The van der Waals surface area contributed by atoms with E-state index in [-0.39, 0.29) is 5.91 Å². The Kier molecular flexibility index (Phi) is 5.63. The van der Waals surface area contributed by atoms with Gasteiger partial charge in [-0.05, 0) is 43.0 Å². The van der Waals surface area contributed by atoms with E-state index >= 15 is 0 Å². The lowest BCUT2D eigenvalue weighted by molar-refractivity contribution is -0.129. The highest BCUT2D eigenvalue weighted by Gasteiger charge is 2.35. The maximum Gasteiger partial charge on any atom is 0.240 e. The van der Waals surface area contributed by atoms with Crippen molar-refractivity contribution in [3.8, 4) is 11.5 Å². The molecule has 6 nitrogen and oxygen atoms in total. The fourth-order valence-electron chi connectivity index (χ4n) is 2.53. The molecule has 0 radical (unpaired) electrons. The first-order valence-electron chi connectivity index (χ1n) is 7.45. The number of nitrogens with two attached hydrogens (primary N) is 1. The van der Waals surface area contributed by atoms with Crippen molar-refractivity contribution >= 4 is 5.91 Å². The van der Waals surface area contributed by atoms with E-state index < -0.39 is 5.54 Å². The molecule has 1 fully saturated rings. The molecule has 1 aliphatic rings. The minimum absolute atomic E-state index is 0.113. The van der Waals surface area contributed by atoms with Crippen LogP contribution < -0.4 is 20.5 Å². The topological polar surface area (TPSA) is 82.8 Å². The quantitative estimate of drug-likeness (QED) is 0.815. The van der Waals surface area contributed by atoms with E-state index in [1.54, 1.807) is 14.2 Å². The number of amides is 1. The van der Waals surface area contributed by atoms with Crippen LogP contribution in [0.2, 0.25) is 0 Å². The van der Waals surface area contributed by atoms with Crippen molar-refractivity contribution in [3.05, 3.63) is 23.8 Å². The van der Waals surface area contributed by atoms with Crippen molar-refractivity contribution in [2.75, 3.05) is 34.0 Å². The molecule has 0 aromatic heterocycles. The Morgan fingerprint density at radius 3 is 2.68 bits per heavy atom. The second kappa shape index (κ2) is 7.47. The minimum atomic E-state index is -0.809. The standard InChI is InChI=1S/C16H24N2O4/c1-20-13-3-4-14(21-2)12(11-13)5-8-18-15(19)16(17)6-9-22-10-7-16/h3-4,11H,5-10,17H2,1-2H3,(H,18,19). The van der Waals surface area contributed by atoms with Crippen molar-refractivity contribution in [1.82, 2.24) is 5.32 Å². The Hall–Kier alpha value is -1.79. The molecule has 0 spiro atoms. The molecule has 1 saturated heterocycles. The van der Waals surface area contributed by atoms with Gasteiger partial charge in [-0.3, -0.25) is 4.79 Å². The molecule has 1 aromatic carbocycles. The van der Waals surface area contributed by atoms with Crippen LogP contribution >= 0.6 is 0 Å². The zero-order chi connectivity index (χ0) is 16.0. The second-order valence-electron chi connectivity index (χ2n) is 5.45. The summed E-state index contributed by atoms with van der Waals surface area (Å²) < 4.78 is 15.8. The number of carbonyl (C=O) groups is 1. The largest absolute Gasteiger partial charge is 0.497 e. The number of rotatable bonds is 6. The number of benzene rings is 1. The molecule has 1 aromatic rings. The Balaban J connectivity index is 1.91. The van der Waals surface area contributed by atoms with Crippen LogP contribution in [0, 0.1) is 0 Å². The van der Waals surface area contributed by atoms with Gasteiger partial charge in [0.2, 0.25) is 5.91 Å². The van der Waals surface area contributed by atoms with E-state index in [0.717, 1.165) is 17.1 Å². The van der Waals surface area contributed by atoms with Crippen molar-refractivity contribution in [3.63, 3.8) is 0 Å². The van der Waals surface area contributed by atoms with Gasteiger partial charge in [-0.25, -0.2) is 0 Å². The number of carbonyl (C=O) groups excluding carboxylic acids is 1. The summed E-state index contributed by atoms with van der Waals surface area (Å²) in [6, 6.07) is 5.62. The summed E-state index contributed by atoms with van der Waals surface area (Å²) in [5.41, 5.74) is 6.32. The van der Waals surface area contributed by atoms with Gasteiger partial charge in [0, 0.05) is 19.8 Å². The average Bonchev–Trinajstić information content (AvgIpc) is 2.55. The number of nitrogens with one attached hydrogen (secondary N) is 1. The van der Waals surface area contributed by atoms with Gasteiger partial charge in [0.1, 0.15) is 11.5 Å². The first kappa shape index (κ1) is 16.6. The Morgan fingerprint density at radius 1 is 1.32 bits per heavy atom. The minimum Gasteiger partial charge on any atom is -0.497 e. The molecule has 3 N–H and O–H groups in total. The predicted molar refractivity (Wildman–Crippen MR) is 83.2 cm³/mol. The molecule has 22 heavy (non-hydrogen) atoms. The zero-order valence-corrected chi connectivity index (χ0v) is 13.2. The van der Waals surface area contributed by atoms with Gasteiger partial charge in [-0.15, -0.1) is 0 Å². The Labute approximate surface area is 130 Å². The van der Waals surface area contributed by atoms with Gasteiger partial charge in [0.05, 0.1) is 19.8 Å². The zero-order valence-electron chi connectivity index (χ0n) is 13.2. The fraction of sp³-hybridized carbons (Fsp3) is 0.562. The molecule has 0 unspecified atom stereocenters. The van der Waals surface area contributed by atoms with Crippen molar-refractivity contribution in [1.29, 1.82) is 0 Å². The van der Waals surface area contributed by atoms with E-state index in [1.165, 1.54) is 0 Å². The lowest BCUT2D eigenvalue weighted by atomic mass is 9.90. The highest BCUT2D eigenvalue weighted by atomic mass is 16.5. The van der Waals surface area contributed by atoms with Gasteiger partial charge in [0.25, 0.3) is 0 Å². The van der Waals surface area contributed by atoms with Crippen LogP contribution in [0.1, 0.15) is 18.4 Å². The molecule has 1 amide bonds. The molecule has 1 heterocycles. The van der Waals surface area contributed by atoms with Gasteiger partial charge in [-0.2, -0.15) is 0 Å². The number of ether oxygens (including phenoxy) is 3. The average molecular weight is 308 g/mol. The van der Waals surface area contributed by atoms with E-state index in [9.17, 15) is 4.79 Å². The van der Waals surface area contributed by atoms with Crippen LogP contribution in [0.3, 0.4) is 0 Å². The lowest BCUT2D eigenvalue weighted by Crippen LogP contribution is -2.57. The molecule has 0 saturated carbocycles. The van der Waals surface area contributed by atoms with Crippen LogP contribution in [0.4, 0.5) is 0 Å². The van der Waals surface area contributed by atoms with Crippen LogP contribution in [0.15, 0.2) is 18.2 Å². The van der Waals surface area contributed by atoms with Gasteiger partial charge in [0.15, 0.2) is 0 Å². The monoisotopic (exact) mass is 308 g/mol. The number of hydrogen-bond acceptors (Lipinski definition) is 5. The molecule has 0 bridgehead atoms. The maximum absolute atomic E-state index is 12.2. The molecule has 2 rings (SSSR count). The molecule has 122 valence electrons. The SMILES string of the molecule is COc1ccc(OC)c(CCNC(=O)C2(N)CCOCC2)c1. The summed E-state index contributed by atoms with van der Waals surface area (Å²) in [5.74, 6) is 1.43. The third-order valence-electron chi connectivity index (χ3n) is 4.00. The third kappa shape index (κ3) is 3.90. The molecule has 0 aliphatic carbocycles. The molecule has 0 atom stereocenters. The van der Waals surface area contributed by atoms with Gasteiger partial charge < -0.3 is 25.3 Å². The summed E-state index contributed by atoms with van der Waals surface area (Å²) in [6.07, 6.45) is 1.77. The number of hydrogen-bond donors (Lipinski definition) is 2. The van der Waals surface area contributed by atoms with Crippen molar-refractivity contribution in [2.24, 2.45) is 5.73 Å². The van der Waals surface area contributed by atoms with Gasteiger partial charge in [-0.1, -0.05) is 0 Å². The second-order valence-corrected chi connectivity index (χ2v) is 5.45. The lowest BCUT2D eigenvalue weighted by Gasteiger charge is -2.31. The predicted octanol–water partition coefficient (Wildman–Crippen LogP) is 0.870. The Bertz CT molecular complexity index is 513. The van der Waals surface area contributed by atoms with Crippen molar-refractivity contribution < 1.29 is 19.0 Å². The summed E-state index contributed by atoms with van der Waals surface area (Å²) in [6.45, 7) is 1.57. The molecular weight excluding hydrogens is 284 g/mol. The van der Waals surface area contributed by atoms with Crippen molar-refractivity contribution in [2.45, 2.75) is 24.8 Å². The number of methoxy groups -OCH3 is 2. The Morgan fingerprint density at radius 2 is 2.05 bits per heavy atom. The van der Waals surface area contributed by atoms with Crippen LogP contribution in [0.25, 0.3) is 0 Å². The van der Waals surface area contributed by atoms with Crippen LogP contribution in [-0.4, -0.2) is 45.4 Å². The first-order chi connectivity index (χ1) is 10.6. The molecular formula is C16H24N2O4. The van der Waals surface area contributed by atoms with E-state index in [1.807, 2.05) is 18.2 Å². The summed E-state index contributed by atoms with van der Waals surface area (Å²) in [5, 5.41) is 2.91. The normalized spacial score (nSPS) is 16.9. The van der Waals surface area contributed by atoms with E-state index in [0.29, 0.717) is 39.0 Å². The maximum atomic E-state index is 12.2. The van der Waals surface area contributed by atoms with E-state index in [2.05, 4.69) is 5.32 Å². The van der Waals surface area contributed by atoms with Crippen LogP contribution in [0.5, 0.6) is 11.5 Å². The fourth-order valence-corrected chi connectivity index (χ4v) is 2.53. The molecule has 6 heteroatoms. The van der Waals surface area contributed by atoms with Crippen LogP contribution in [-0.2, 0) is 16.0 Å². The summed E-state index contributed by atoms with van der Waals surface area (Å²) in [7, 11) is 3.25. The summed E-state index contributed by atoms with van der Waals surface area (Å²) in [4.78, 5) is 12.2. The smallest absolute Gasteiger partial charge is 0.240 e. The summed E-state index contributed by atoms with van der Waals surface area (Å²) >= 11 is 0.